The van der Waals surface area contributed by atoms with Crippen LogP contribution >= 0.6 is 11.8 Å². The fraction of sp³-hybridized carbons (Fsp3) is 0.381. The van der Waals surface area contributed by atoms with Crippen molar-refractivity contribution >= 4 is 17.7 Å². The first-order valence-electron chi connectivity index (χ1n) is 9.13. The van der Waals surface area contributed by atoms with Gasteiger partial charge in [-0.25, -0.2) is 4.98 Å². The molecule has 1 aromatic carbocycles. The molecule has 3 rings (SSSR count). The quantitative estimate of drug-likeness (QED) is 0.563. The van der Waals surface area contributed by atoms with Crippen LogP contribution in [0.2, 0.25) is 0 Å². The van der Waals surface area contributed by atoms with Gasteiger partial charge in [-0.05, 0) is 31.0 Å². The number of nitriles is 1. The SMILES string of the molecule is CCOC(=O)C(C)Sc1nc2c(cc1C#N)CN(Cc1ccccc1)CC2. The molecule has 140 valence electrons. The van der Waals surface area contributed by atoms with E-state index in [1.165, 1.54) is 17.3 Å². The van der Waals surface area contributed by atoms with Crippen LogP contribution in [0.3, 0.4) is 0 Å². The Morgan fingerprint density at radius 2 is 2.19 bits per heavy atom. The second-order valence-electron chi connectivity index (χ2n) is 6.52. The highest BCUT2D eigenvalue weighted by molar-refractivity contribution is 8.00. The van der Waals surface area contributed by atoms with E-state index in [1.54, 1.807) is 13.8 Å². The van der Waals surface area contributed by atoms with Crippen molar-refractivity contribution in [3.8, 4) is 6.07 Å². The molecule has 0 bridgehead atoms. The number of carbonyl (C=O) groups excluding carboxylic acids is 1. The molecule has 2 heterocycles. The van der Waals surface area contributed by atoms with Gasteiger partial charge in [0.1, 0.15) is 16.3 Å². The molecule has 6 heteroatoms. The summed E-state index contributed by atoms with van der Waals surface area (Å²) in [6.45, 7) is 6.52. The van der Waals surface area contributed by atoms with Crippen LogP contribution in [0, 0.1) is 11.3 Å². The van der Waals surface area contributed by atoms with Crippen LogP contribution in [0.4, 0.5) is 0 Å². The summed E-state index contributed by atoms with van der Waals surface area (Å²) in [7, 11) is 0. The Hall–Kier alpha value is -2.36. The fourth-order valence-electron chi connectivity index (χ4n) is 3.13. The molecule has 0 aliphatic carbocycles. The van der Waals surface area contributed by atoms with Crippen molar-refractivity contribution in [2.24, 2.45) is 0 Å². The standard InChI is InChI=1S/C21H23N3O2S/c1-3-26-21(25)15(2)27-20-17(12-22)11-18-14-24(10-9-19(18)23-20)13-16-7-5-4-6-8-16/h4-8,11,15H,3,9-10,13-14H2,1-2H3. The van der Waals surface area contributed by atoms with Crippen molar-refractivity contribution < 1.29 is 9.53 Å². The van der Waals surface area contributed by atoms with Crippen LogP contribution in [-0.4, -0.2) is 34.3 Å². The average Bonchev–Trinajstić information content (AvgIpc) is 2.68. The van der Waals surface area contributed by atoms with Crippen molar-refractivity contribution in [2.75, 3.05) is 13.2 Å². The van der Waals surface area contributed by atoms with Gasteiger partial charge in [-0.1, -0.05) is 42.1 Å². The number of ether oxygens (including phenoxy) is 1. The van der Waals surface area contributed by atoms with Gasteiger partial charge in [0.15, 0.2) is 0 Å². The van der Waals surface area contributed by atoms with Crippen LogP contribution in [0.15, 0.2) is 41.4 Å². The smallest absolute Gasteiger partial charge is 0.319 e. The van der Waals surface area contributed by atoms with Gasteiger partial charge in [-0.2, -0.15) is 5.26 Å². The van der Waals surface area contributed by atoms with E-state index in [-0.39, 0.29) is 11.2 Å². The van der Waals surface area contributed by atoms with Crippen LogP contribution in [0.1, 0.15) is 36.2 Å². The molecule has 0 fully saturated rings. The van der Waals surface area contributed by atoms with Gasteiger partial charge in [0, 0.05) is 31.7 Å². The molecule has 0 N–H and O–H groups in total. The Labute approximate surface area is 164 Å². The zero-order chi connectivity index (χ0) is 19.2. The molecule has 1 aromatic heterocycles. The lowest BCUT2D eigenvalue weighted by atomic mass is 10.0. The number of aromatic nitrogens is 1. The van der Waals surface area contributed by atoms with Gasteiger partial charge < -0.3 is 4.74 Å². The van der Waals surface area contributed by atoms with Crippen molar-refractivity contribution in [3.05, 3.63) is 58.8 Å². The molecule has 1 aliphatic heterocycles. The van der Waals surface area contributed by atoms with E-state index in [0.717, 1.165) is 37.3 Å². The molecule has 0 saturated carbocycles. The van der Waals surface area contributed by atoms with Crippen molar-refractivity contribution in [1.29, 1.82) is 5.26 Å². The Bertz CT molecular complexity index is 848. The summed E-state index contributed by atoms with van der Waals surface area (Å²) >= 11 is 1.30. The van der Waals surface area contributed by atoms with E-state index in [1.807, 2.05) is 12.1 Å². The molecule has 0 radical (unpaired) electrons. The zero-order valence-corrected chi connectivity index (χ0v) is 16.5. The van der Waals surface area contributed by atoms with E-state index >= 15 is 0 Å². The summed E-state index contributed by atoms with van der Waals surface area (Å²) < 4.78 is 5.06. The third kappa shape index (κ3) is 4.88. The fourth-order valence-corrected chi connectivity index (χ4v) is 4.03. The molecule has 0 spiro atoms. The molecule has 27 heavy (non-hydrogen) atoms. The summed E-state index contributed by atoms with van der Waals surface area (Å²) in [4.78, 5) is 19.0. The minimum Gasteiger partial charge on any atom is -0.465 e. The maximum absolute atomic E-state index is 11.9. The Morgan fingerprint density at radius 1 is 1.41 bits per heavy atom. The largest absolute Gasteiger partial charge is 0.465 e. The molecule has 5 nitrogen and oxygen atoms in total. The van der Waals surface area contributed by atoms with E-state index in [4.69, 9.17) is 9.72 Å². The number of thioether (sulfide) groups is 1. The van der Waals surface area contributed by atoms with Gasteiger partial charge in [0.2, 0.25) is 0 Å². The van der Waals surface area contributed by atoms with Crippen LogP contribution in [0.25, 0.3) is 0 Å². The maximum atomic E-state index is 11.9. The monoisotopic (exact) mass is 381 g/mol. The first kappa shape index (κ1) is 19.4. The van der Waals surface area contributed by atoms with Crippen molar-refractivity contribution in [3.63, 3.8) is 0 Å². The zero-order valence-electron chi connectivity index (χ0n) is 15.6. The highest BCUT2D eigenvalue weighted by atomic mass is 32.2. The predicted molar refractivity (Wildman–Crippen MR) is 105 cm³/mol. The number of rotatable bonds is 6. The predicted octanol–water partition coefficient (Wildman–Crippen LogP) is 3.56. The minimum absolute atomic E-state index is 0.278. The Kier molecular flexibility index (Phi) is 6.49. The molecule has 1 atom stereocenters. The van der Waals surface area contributed by atoms with Crippen molar-refractivity contribution in [1.82, 2.24) is 9.88 Å². The van der Waals surface area contributed by atoms with E-state index in [2.05, 4.69) is 35.2 Å². The topological polar surface area (TPSA) is 66.2 Å². The number of fused-ring (bicyclic) bond motifs is 1. The highest BCUT2D eigenvalue weighted by Crippen LogP contribution is 2.29. The maximum Gasteiger partial charge on any atom is 0.319 e. The lowest BCUT2D eigenvalue weighted by molar-refractivity contribution is -0.142. The van der Waals surface area contributed by atoms with E-state index in [9.17, 15) is 10.1 Å². The van der Waals surface area contributed by atoms with E-state index < -0.39 is 0 Å². The Morgan fingerprint density at radius 3 is 2.89 bits per heavy atom. The lowest BCUT2D eigenvalue weighted by Gasteiger charge is -2.28. The number of esters is 1. The molecule has 0 saturated heterocycles. The van der Waals surface area contributed by atoms with Gasteiger partial charge in [-0.15, -0.1) is 0 Å². The normalized spacial score (nSPS) is 14.9. The Balaban J connectivity index is 1.75. The summed E-state index contributed by atoms with van der Waals surface area (Å²) in [6.07, 6.45) is 0.842. The second-order valence-corrected chi connectivity index (χ2v) is 7.85. The van der Waals surface area contributed by atoms with Crippen LogP contribution in [-0.2, 0) is 29.0 Å². The summed E-state index contributed by atoms with van der Waals surface area (Å²) in [5.74, 6) is -0.278. The molecular formula is C21H23N3O2S. The molecular weight excluding hydrogens is 358 g/mol. The lowest BCUT2D eigenvalue weighted by Crippen LogP contribution is -2.31. The second kappa shape index (κ2) is 9.03. The highest BCUT2D eigenvalue weighted by Gasteiger charge is 2.23. The number of nitrogens with zero attached hydrogens (tertiary/aromatic N) is 3. The van der Waals surface area contributed by atoms with Gasteiger partial charge in [0.25, 0.3) is 0 Å². The third-order valence-electron chi connectivity index (χ3n) is 4.49. The number of benzene rings is 1. The molecule has 0 amide bonds. The first-order valence-corrected chi connectivity index (χ1v) is 10.0. The summed E-state index contributed by atoms with van der Waals surface area (Å²) in [6, 6.07) is 14.5. The molecule has 1 unspecified atom stereocenters. The number of carbonyl (C=O) groups is 1. The first-order chi connectivity index (χ1) is 13.1. The molecule has 1 aliphatic rings. The number of hydrogen-bond acceptors (Lipinski definition) is 6. The van der Waals surface area contributed by atoms with Gasteiger partial charge >= 0.3 is 5.97 Å². The number of hydrogen-bond donors (Lipinski definition) is 0. The van der Waals surface area contributed by atoms with Gasteiger partial charge in [-0.3, -0.25) is 9.69 Å². The summed E-state index contributed by atoms with van der Waals surface area (Å²) in [5.41, 5.74) is 3.93. The minimum atomic E-state index is -0.388. The average molecular weight is 382 g/mol. The van der Waals surface area contributed by atoms with E-state index in [0.29, 0.717) is 17.2 Å². The van der Waals surface area contributed by atoms with Crippen LogP contribution in [0.5, 0.6) is 0 Å². The van der Waals surface area contributed by atoms with Crippen molar-refractivity contribution in [2.45, 2.75) is 43.6 Å². The van der Waals surface area contributed by atoms with Crippen LogP contribution < -0.4 is 0 Å². The number of pyridine rings is 1. The molecule has 2 aromatic rings. The van der Waals surface area contributed by atoms with Gasteiger partial charge in [0.05, 0.1) is 12.2 Å². The third-order valence-corrected chi connectivity index (χ3v) is 5.57. The summed E-state index contributed by atoms with van der Waals surface area (Å²) in [5, 5.41) is 9.77.